The Bertz CT molecular complexity index is 977. The molecule has 1 aliphatic carbocycles. The molecule has 3 nitrogen and oxygen atoms in total. The Hall–Kier alpha value is -1.69. The molecule has 2 aromatic carbocycles. The first-order chi connectivity index (χ1) is 12.7. The summed E-state index contributed by atoms with van der Waals surface area (Å²) < 4.78 is 29.0. The number of hydrogen-bond donors (Lipinski definition) is 0. The summed E-state index contributed by atoms with van der Waals surface area (Å²) in [6, 6.07) is 17.2. The molecular formula is C22H27NO2SSi. The minimum Gasteiger partial charge on any atom is -0.207 e. The third-order valence-corrected chi connectivity index (χ3v) is 11.7. The van der Waals surface area contributed by atoms with Crippen molar-refractivity contribution in [3.63, 3.8) is 0 Å². The lowest BCUT2D eigenvalue weighted by Crippen LogP contribution is -2.47. The van der Waals surface area contributed by atoms with Gasteiger partial charge in [-0.05, 0) is 24.6 Å². The van der Waals surface area contributed by atoms with Crippen LogP contribution >= 0.6 is 0 Å². The van der Waals surface area contributed by atoms with Crippen LogP contribution in [0.4, 0.5) is 0 Å². The predicted octanol–water partition coefficient (Wildman–Crippen LogP) is 5.01. The van der Waals surface area contributed by atoms with E-state index in [1.807, 2.05) is 37.3 Å². The van der Waals surface area contributed by atoms with Crippen molar-refractivity contribution in [1.82, 2.24) is 4.31 Å². The van der Waals surface area contributed by atoms with Crippen molar-refractivity contribution in [1.29, 1.82) is 0 Å². The van der Waals surface area contributed by atoms with E-state index in [0.717, 1.165) is 11.1 Å². The van der Waals surface area contributed by atoms with Crippen molar-refractivity contribution in [2.24, 2.45) is 5.92 Å². The maximum Gasteiger partial charge on any atom is 0.243 e. The second-order valence-corrected chi connectivity index (χ2v) is 16.2. The topological polar surface area (TPSA) is 37.4 Å². The van der Waals surface area contributed by atoms with Gasteiger partial charge in [-0.1, -0.05) is 79.8 Å². The minimum atomic E-state index is -3.56. The van der Waals surface area contributed by atoms with Crippen molar-refractivity contribution >= 4 is 18.1 Å². The second kappa shape index (κ2) is 6.16. The minimum absolute atomic E-state index is 0.00523. The molecule has 142 valence electrons. The van der Waals surface area contributed by atoms with E-state index in [-0.39, 0.29) is 17.0 Å². The molecule has 2 aliphatic rings. The highest BCUT2D eigenvalue weighted by Gasteiger charge is 2.62. The Morgan fingerprint density at radius 1 is 1.00 bits per heavy atom. The van der Waals surface area contributed by atoms with E-state index in [1.54, 1.807) is 16.4 Å². The normalized spacial score (nSPS) is 28.0. The van der Waals surface area contributed by atoms with Gasteiger partial charge in [0, 0.05) is 17.5 Å². The van der Waals surface area contributed by atoms with E-state index in [4.69, 9.17) is 0 Å². The molecule has 0 radical (unpaired) electrons. The van der Waals surface area contributed by atoms with Crippen molar-refractivity contribution in [2.45, 2.75) is 42.5 Å². The van der Waals surface area contributed by atoms with Crippen LogP contribution in [0.2, 0.25) is 24.7 Å². The SMILES string of the molecule is Cc1ccc(S(=O)(=O)N2C[C@]3([Si](C)(C)C)C=C[C@@H]3[C@H]2c2ccccc2)cc1. The number of benzene rings is 2. The molecule has 2 aromatic rings. The van der Waals surface area contributed by atoms with Crippen molar-refractivity contribution in [3.8, 4) is 0 Å². The third-order valence-electron chi connectivity index (χ3n) is 6.43. The molecule has 4 rings (SSSR count). The Balaban J connectivity index is 1.84. The van der Waals surface area contributed by atoms with E-state index in [2.05, 4.69) is 43.9 Å². The molecule has 1 fully saturated rings. The van der Waals surface area contributed by atoms with Gasteiger partial charge in [0.15, 0.2) is 0 Å². The van der Waals surface area contributed by atoms with Gasteiger partial charge in [-0.2, -0.15) is 4.31 Å². The maximum atomic E-state index is 13.6. The van der Waals surface area contributed by atoms with Crippen LogP contribution in [0.5, 0.6) is 0 Å². The summed E-state index contributed by atoms with van der Waals surface area (Å²) >= 11 is 0. The Morgan fingerprint density at radius 3 is 2.15 bits per heavy atom. The molecule has 0 spiro atoms. The van der Waals surface area contributed by atoms with Gasteiger partial charge >= 0.3 is 0 Å². The lowest BCUT2D eigenvalue weighted by molar-refractivity contribution is 0.367. The highest BCUT2D eigenvalue weighted by atomic mass is 32.2. The predicted molar refractivity (Wildman–Crippen MR) is 113 cm³/mol. The number of sulfonamides is 1. The summed E-state index contributed by atoms with van der Waals surface area (Å²) in [5.41, 5.74) is 2.15. The van der Waals surface area contributed by atoms with Gasteiger partial charge < -0.3 is 0 Å². The summed E-state index contributed by atoms with van der Waals surface area (Å²) in [6.45, 7) is 9.62. The zero-order valence-electron chi connectivity index (χ0n) is 16.4. The molecule has 0 saturated carbocycles. The van der Waals surface area contributed by atoms with E-state index >= 15 is 0 Å². The van der Waals surface area contributed by atoms with Gasteiger partial charge in [-0.15, -0.1) is 0 Å². The molecule has 0 aromatic heterocycles. The van der Waals surface area contributed by atoms with Crippen LogP contribution in [-0.2, 0) is 10.0 Å². The fourth-order valence-corrected chi connectivity index (χ4v) is 8.91. The van der Waals surface area contributed by atoms with Crippen LogP contribution in [0.25, 0.3) is 0 Å². The van der Waals surface area contributed by atoms with Crippen molar-refractivity contribution in [3.05, 3.63) is 77.9 Å². The number of fused-ring (bicyclic) bond motifs is 1. The number of hydrogen-bond acceptors (Lipinski definition) is 2. The largest absolute Gasteiger partial charge is 0.243 e. The third kappa shape index (κ3) is 2.75. The Morgan fingerprint density at radius 2 is 1.63 bits per heavy atom. The monoisotopic (exact) mass is 397 g/mol. The summed E-state index contributed by atoms with van der Waals surface area (Å²) in [5, 5.41) is 0.00523. The molecule has 5 heteroatoms. The fraction of sp³-hybridized carbons (Fsp3) is 0.364. The Kier molecular flexibility index (Phi) is 4.26. The molecule has 0 amide bonds. The smallest absolute Gasteiger partial charge is 0.207 e. The zero-order chi connectivity index (χ0) is 19.4. The average molecular weight is 398 g/mol. The van der Waals surface area contributed by atoms with Crippen molar-refractivity contribution < 1.29 is 8.42 Å². The van der Waals surface area contributed by atoms with Crippen molar-refractivity contribution in [2.75, 3.05) is 6.54 Å². The lowest BCUT2D eigenvalue weighted by Gasteiger charge is -2.48. The molecule has 0 N–H and O–H groups in total. The van der Waals surface area contributed by atoms with Gasteiger partial charge in [0.25, 0.3) is 0 Å². The van der Waals surface area contributed by atoms with Gasteiger partial charge in [0.05, 0.1) is 19.0 Å². The molecule has 1 aliphatic heterocycles. The molecule has 0 bridgehead atoms. The number of rotatable bonds is 4. The maximum absolute atomic E-state index is 13.6. The first-order valence-electron chi connectivity index (χ1n) is 9.50. The van der Waals surface area contributed by atoms with E-state index in [9.17, 15) is 8.42 Å². The first-order valence-corrected chi connectivity index (χ1v) is 14.4. The van der Waals surface area contributed by atoms with E-state index < -0.39 is 18.1 Å². The summed E-state index contributed by atoms with van der Waals surface area (Å²) in [6.07, 6.45) is 4.53. The number of nitrogens with zero attached hydrogens (tertiary/aromatic N) is 1. The van der Waals surface area contributed by atoms with Crippen LogP contribution in [0.1, 0.15) is 17.2 Å². The van der Waals surface area contributed by atoms with Gasteiger partial charge in [-0.3, -0.25) is 0 Å². The summed E-state index contributed by atoms with van der Waals surface area (Å²) in [4.78, 5) is 0.390. The highest BCUT2D eigenvalue weighted by molar-refractivity contribution is 7.89. The standard InChI is InChI=1S/C22H27NO2SSi/c1-17-10-12-19(13-11-17)26(24,25)23-16-22(27(2,3)4)15-14-20(22)21(23)18-8-6-5-7-9-18/h5-15,20-21H,16H2,1-4H3/t20-,21-,22-/m1/s1. The van der Waals surface area contributed by atoms with Gasteiger partial charge in [0.1, 0.15) is 0 Å². The van der Waals surface area contributed by atoms with Crippen LogP contribution in [0.3, 0.4) is 0 Å². The molecule has 1 heterocycles. The molecule has 3 atom stereocenters. The van der Waals surface area contributed by atoms with E-state index in [0.29, 0.717) is 11.4 Å². The van der Waals surface area contributed by atoms with Gasteiger partial charge in [-0.25, -0.2) is 8.42 Å². The second-order valence-electron chi connectivity index (χ2n) is 8.89. The fourth-order valence-electron chi connectivity index (χ4n) is 4.61. The molecule has 1 saturated heterocycles. The lowest BCUT2D eigenvalue weighted by atomic mass is 9.78. The molecule has 27 heavy (non-hydrogen) atoms. The number of aryl methyl sites for hydroxylation is 1. The first kappa shape index (κ1) is 18.7. The molecular weight excluding hydrogens is 370 g/mol. The van der Waals surface area contributed by atoms with E-state index in [1.165, 1.54) is 0 Å². The summed E-state index contributed by atoms with van der Waals surface area (Å²) in [5.74, 6) is 0.256. The molecule has 0 unspecified atom stereocenters. The van der Waals surface area contributed by atoms with Gasteiger partial charge in [0.2, 0.25) is 10.0 Å². The van der Waals surface area contributed by atoms with Crippen LogP contribution in [-0.4, -0.2) is 27.3 Å². The zero-order valence-corrected chi connectivity index (χ0v) is 18.2. The Labute approximate surface area is 163 Å². The summed E-state index contributed by atoms with van der Waals surface area (Å²) in [7, 11) is -5.18. The van der Waals surface area contributed by atoms with Crippen LogP contribution < -0.4 is 0 Å². The average Bonchev–Trinajstić information content (AvgIpc) is 2.84. The quantitative estimate of drug-likeness (QED) is 0.537. The van der Waals surface area contributed by atoms with Crippen LogP contribution in [0.15, 0.2) is 71.6 Å². The highest BCUT2D eigenvalue weighted by Crippen LogP contribution is 2.65. The van der Waals surface area contributed by atoms with Crippen LogP contribution in [0, 0.1) is 12.8 Å².